The summed E-state index contributed by atoms with van der Waals surface area (Å²) in [5, 5.41) is 3.22. The number of hydrogen-bond donors (Lipinski definition) is 2. The van der Waals surface area contributed by atoms with Crippen LogP contribution in [0.1, 0.15) is 20.8 Å². The molecule has 1 fully saturated rings. The Labute approximate surface area is 55.7 Å². The maximum atomic E-state index is 5.07. The lowest BCUT2D eigenvalue weighted by Gasteiger charge is -2.11. The second-order valence-corrected chi connectivity index (χ2v) is 2.77. The van der Waals surface area contributed by atoms with Gasteiger partial charge < -0.3 is 0 Å². The molecule has 0 aromatic rings. The molecule has 1 heterocycles. The fourth-order valence-corrected chi connectivity index (χ4v) is 0.825. The highest BCUT2D eigenvalue weighted by molar-refractivity contribution is 4.69. The molecular weight excluding hydrogens is 116 g/mol. The van der Waals surface area contributed by atoms with Crippen molar-refractivity contribution in [2.24, 2.45) is 5.92 Å². The lowest BCUT2D eigenvalue weighted by molar-refractivity contribution is 0.0296. The van der Waals surface area contributed by atoms with Crippen molar-refractivity contribution in [3.05, 3.63) is 0 Å². The van der Waals surface area contributed by atoms with Crippen LogP contribution in [0.2, 0.25) is 0 Å². The molecule has 1 aliphatic heterocycles. The van der Waals surface area contributed by atoms with Crippen molar-refractivity contribution < 1.29 is 4.84 Å². The average Bonchev–Trinajstić information content (AvgIpc) is 2.14. The average molecular weight is 130 g/mol. The van der Waals surface area contributed by atoms with E-state index in [2.05, 4.69) is 24.6 Å². The molecule has 0 aromatic heterocycles. The molecule has 0 radical (unpaired) electrons. The Morgan fingerprint density at radius 2 is 2.11 bits per heavy atom. The molecule has 1 saturated heterocycles. The van der Waals surface area contributed by atoms with Crippen LogP contribution in [0.5, 0.6) is 0 Å². The lowest BCUT2D eigenvalue weighted by atomic mass is 10.2. The maximum Gasteiger partial charge on any atom is 0.128 e. The van der Waals surface area contributed by atoms with E-state index >= 15 is 0 Å². The summed E-state index contributed by atoms with van der Waals surface area (Å²) in [5.41, 5.74) is 2.89. The highest BCUT2D eigenvalue weighted by Gasteiger charge is 2.22. The van der Waals surface area contributed by atoms with E-state index in [0.717, 1.165) is 0 Å². The van der Waals surface area contributed by atoms with Gasteiger partial charge in [0.1, 0.15) is 6.23 Å². The minimum Gasteiger partial charge on any atom is -0.282 e. The summed E-state index contributed by atoms with van der Waals surface area (Å²) < 4.78 is 0. The van der Waals surface area contributed by atoms with Crippen LogP contribution in [0.15, 0.2) is 0 Å². The van der Waals surface area contributed by atoms with Gasteiger partial charge >= 0.3 is 0 Å². The van der Waals surface area contributed by atoms with E-state index in [0.29, 0.717) is 12.1 Å². The molecule has 1 rings (SSSR count). The zero-order valence-corrected chi connectivity index (χ0v) is 6.14. The van der Waals surface area contributed by atoms with Crippen LogP contribution in [0.3, 0.4) is 0 Å². The van der Waals surface area contributed by atoms with Crippen LogP contribution < -0.4 is 10.8 Å². The summed E-state index contributed by atoms with van der Waals surface area (Å²) in [6, 6.07) is 0. The first-order chi connectivity index (χ1) is 4.20. The van der Waals surface area contributed by atoms with E-state index in [1.165, 1.54) is 0 Å². The quantitative estimate of drug-likeness (QED) is 0.540. The monoisotopic (exact) mass is 130 g/mol. The SMILES string of the molecule is CC1NC(C(C)C)NO1. The number of hydrogen-bond acceptors (Lipinski definition) is 3. The predicted octanol–water partition coefficient (Wildman–Crippen LogP) is 0.439. The largest absolute Gasteiger partial charge is 0.282 e. The zero-order valence-electron chi connectivity index (χ0n) is 6.14. The fourth-order valence-electron chi connectivity index (χ4n) is 0.825. The summed E-state index contributed by atoms with van der Waals surface area (Å²) in [6.45, 7) is 6.27. The predicted molar refractivity (Wildman–Crippen MR) is 35.4 cm³/mol. The van der Waals surface area contributed by atoms with Gasteiger partial charge in [-0.05, 0) is 12.8 Å². The molecular formula is C6H14N2O. The molecule has 0 aliphatic carbocycles. The Kier molecular flexibility index (Phi) is 2.05. The first-order valence-electron chi connectivity index (χ1n) is 3.37. The number of nitrogens with one attached hydrogen (secondary N) is 2. The molecule has 0 bridgehead atoms. The van der Waals surface area contributed by atoms with Gasteiger partial charge in [-0.1, -0.05) is 13.8 Å². The van der Waals surface area contributed by atoms with E-state index in [4.69, 9.17) is 4.84 Å². The van der Waals surface area contributed by atoms with Crippen molar-refractivity contribution in [2.45, 2.75) is 33.2 Å². The van der Waals surface area contributed by atoms with Crippen LogP contribution in [0.4, 0.5) is 0 Å². The molecule has 3 heteroatoms. The molecule has 0 aromatic carbocycles. The van der Waals surface area contributed by atoms with E-state index in [9.17, 15) is 0 Å². The fraction of sp³-hybridized carbons (Fsp3) is 1.00. The minimum atomic E-state index is 0.150. The van der Waals surface area contributed by atoms with E-state index in [-0.39, 0.29) is 6.23 Å². The second kappa shape index (κ2) is 2.64. The first-order valence-corrected chi connectivity index (χ1v) is 3.37. The van der Waals surface area contributed by atoms with Crippen LogP contribution in [0, 0.1) is 5.92 Å². The second-order valence-electron chi connectivity index (χ2n) is 2.77. The summed E-state index contributed by atoms with van der Waals surface area (Å²) in [4.78, 5) is 5.07. The normalized spacial score (nSPS) is 36.0. The lowest BCUT2D eigenvalue weighted by Crippen LogP contribution is -2.37. The minimum absolute atomic E-state index is 0.150. The van der Waals surface area contributed by atoms with Crippen molar-refractivity contribution in [3.8, 4) is 0 Å². The van der Waals surface area contributed by atoms with Crippen molar-refractivity contribution in [3.63, 3.8) is 0 Å². The third-order valence-corrected chi connectivity index (χ3v) is 1.45. The van der Waals surface area contributed by atoms with Crippen LogP contribution in [-0.2, 0) is 4.84 Å². The molecule has 0 amide bonds. The highest BCUT2D eigenvalue weighted by atomic mass is 16.7. The molecule has 0 spiro atoms. The van der Waals surface area contributed by atoms with E-state index < -0.39 is 0 Å². The van der Waals surface area contributed by atoms with Crippen LogP contribution in [-0.4, -0.2) is 12.4 Å². The van der Waals surface area contributed by atoms with Crippen molar-refractivity contribution in [2.75, 3.05) is 0 Å². The van der Waals surface area contributed by atoms with E-state index in [1.54, 1.807) is 0 Å². The Morgan fingerprint density at radius 1 is 1.44 bits per heavy atom. The van der Waals surface area contributed by atoms with Crippen molar-refractivity contribution >= 4 is 0 Å². The van der Waals surface area contributed by atoms with Crippen LogP contribution in [0.25, 0.3) is 0 Å². The summed E-state index contributed by atoms with van der Waals surface area (Å²) in [7, 11) is 0. The first kappa shape index (κ1) is 6.99. The van der Waals surface area contributed by atoms with Gasteiger partial charge in [0.2, 0.25) is 0 Å². The van der Waals surface area contributed by atoms with Gasteiger partial charge in [0.25, 0.3) is 0 Å². The summed E-state index contributed by atoms with van der Waals surface area (Å²) in [5.74, 6) is 0.579. The molecule has 54 valence electrons. The third-order valence-electron chi connectivity index (χ3n) is 1.45. The molecule has 2 N–H and O–H groups in total. The van der Waals surface area contributed by atoms with Gasteiger partial charge in [0, 0.05) is 0 Å². The zero-order chi connectivity index (χ0) is 6.85. The van der Waals surface area contributed by atoms with Gasteiger partial charge in [0.05, 0.1) is 6.17 Å². The van der Waals surface area contributed by atoms with Gasteiger partial charge in [-0.15, -0.1) is 0 Å². The molecule has 9 heavy (non-hydrogen) atoms. The molecule has 0 saturated carbocycles. The molecule has 2 unspecified atom stereocenters. The van der Waals surface area contributed by atoms with Gasteiger partial charge in [-0.3, -0.25) is 10.2 Å². The van der Waals surface area contributed by atoms with Gasteiger partial charge in [0.15, 0.2) is 0 Å². The molecule has 2 atom stereocenters. The van der Waals surface area contributed by atoms with Crippen molar-refractivity contribution in [1.29, 1.82) is 0 Å². The Morgan fingerprint density at radius 3 is 2.33 bits per heavy atom. The van der Waals surface area contributed by atoms with Crippen molar-refractivity contribution in [1.82, 2.24) is 10.8 Å². The Hall–Kier alpha value is -0.120. The summed E-state index contributed by atoms with van der Waals surface area (Å²) >= 11 is 0. The maximum absolute atomic E-state index is 5.07. The Bertz CT molecular complexity index is 95.1. The summed E-state index contributed by atoms with van der Waals surface area (Å²) in [6.07, 6.45) is 0.470. The van der Waals surface area contributed by atoms with Gasteiger partial charge in [-0.25, -0.2) is 0 Å². The topological polar surface area (TPSA) is 33.3 Å². The van der Waals surface area contributed by atoms with E-state index in [1.807, 2.05) is 6.92 Å². The van der Waals surface area contributed by atoms with Gasteiger partial charge in [-0.2, -0.15) is 5.48 Å². The highest BCUT2D eigenvalue weighted by Crippen LogP contribution is 2.04. The third kappa shape index (κ3) is 1.64. The number of rotatable bonds is 1. The van der Waals surface area contributed by atoms with Crippen LogP contribution >= 0.6 is 0 Å². The standard InChI is InChI=1S/C6H14N2O/c1-4(2)6-7-5(3)9-8-6/h4-8H,1-3H3. The molecule has 1 aliphatic rings. The number of hydroxylamine groups is 1. The molecule has 3 nitrogen and oxygen atoms in total. The Balaban J connectivity index is 2.30. The smallest absolute Gasteiger partial charge is 0.128 e.